The first-order valence-corrected chi connectivity index (χ1v) is 4.37. The number of morpholine rings is 1. The number of hydrogen-bond donors (Lipinski definition) is 1. The molecular formula is C10H14N2O. The number of rotatable bonds is 1. The van der Waals surface area contributed by atoms with Gasteiger partial charge in [0.2, 0.25) is 0 Å². The zero-order chi connectivity index (χ0) is 11.6. The van der Waals surface area contributed by atoms with Gasteiger partial charge in [-0.15, -0.1) is 0 Å². The van der Waals surface area contributed by atoms with E-state index in [9.17, 15) is 0 Å². The van der Waals surface area contributed by atoms with Crippen LogP contribution in [-0.2, 0) is 4.74 Å². The minimum absolute atomic E-state index is 0.124. The molecule has 1 atom stereocenters. The van der Waals surface area contributed by atoms with Crippen LogP contribution in [0.25, 0.3) is 0 Å². The minimum atomic E-state index is -2.15. The molecular weight excluding hydrogens is 164 g/mol. The Labute approximate surface area is 82.3 Å². The highest BCUT2D eigenvalue weighted by molar-refractivity contribution is 5.12. The molecule has 0 aromatic carbocycles. The molecule has 1 aromatic heterocycles. The third-order valence-electron chi connectivity index (χ3n) is 2.03. The fourth-order valence-corrected chi connectivity index (χ4v) is 1.39. The Balaban J connectivity index is 2.21. The van der Waals surface area contributed by atoms with Crippen molar-refractivity contribution in [2.75, 3.05) is 19.7 Å². The Morgan fingerprint density at radius 1 is 1.69 bits per heavy atom. The van der Waals surface area contributed by atoms with Gasteiger partial charge < -0.3 is 10.1 Å². The van der Waals surface area contributed by atoms with Crippen LogP contribution in [0.4, 0.5) is 0 Å². The van der Waals surface area contributed by atoms with Crippen LogP contribution in [0.5, 0.6) is 0 Å². The molecule has 1 aliphatic heterocycles. The second-order valence-electron chi connectivity index (χ2n) is 3.01. The van der Waals surface area contributed by atoms with E-state index in [1.54, 1.807) is 12.1 Å². The lowest BCUT2D eigenvalue weighted by Gasteiger charge is -2.23. The third-order valence-corrected chi connectivity index (χ3v) is 2.03. The Hall–Kier alpha value is -0.930. The molecule has 3 nitrogen and oxygen atoms in total. The van der Waals surface area contributed by atoms with Gasteiger partial charge >= 0.3 is 0 Å². The molecule has 1 aromatic rings. The fourth-order valence-electron chi connectivity index (χ4n) is 1.39. The second kappa shape index (κ2) is 3.85. The molecule has 1 N–H and O–H groups in total. The van der Waals surface area contributed by atoms with Crippen LogP contribution in [0.1, 0.15) is 21.6 Å². The summed E-state index contributed by atoms with van der Waals surface area (Å²) in [6, 6.07) is 5.03. The van der Waals surface area contributed by atoms with Crippen molar-refractivity contribution in [2.45, 2.75) is 13.0 Å². The van der Waals surface area contributed by atoms with E-state index in [1.807, 2.05) is 0 Å². The maximum Gasteiger partial charge on any atom is 0.112 e. The molecule has 70 valence electrons. The summed E-state index contributed by atoms with van der Waals surface area (Å²) in [6.07, 6.45) is -0.143. The largest absolute Gasteiger partial charge is 0.369 e. The van der Waals surface area contributed by atoms with Crippen molar-refractivity contribution < 1.29 is 8.85 Å². The molecule has 0 spiro atoms. The van der Waals surface area contributed by atoms with Gasteiger partial charge in [0.1, 0.15) is 6.10 Å². The summed E-state index contributed by atoms with van der Waals surface area (Å²) in [5.74, 6) is 0. The van der Waals surface area contributed by atoms with Gasteiger partial charge in [0, 0.05) is 22.9 Å². The minimum Gasteiger partial charge on any atom is -0.369 e. The summed E-state index contributed by atoms with van der Waals surface area (Å²) >= 11 is 0. The topological polar surface area (TPSA) is 34.1 Å². The van der Waals surface area contributed by atoms with Gasteiger partial charge in [0.15, 0.2) is 0 Å². The molecule has 0 amide bonds. The van der Waals surface area contributed by atoms with Crippen LogP contribution in [0.15, 0.2) is 18.2 Å². The first kappa shape index (κ1) is 5.73. The quantitative estimate of drug-likeness (QED) is 0.703. The first-order chi connectivity index (χ1) is 7.57. The summed E-state index contributed by atoms with van der Waals surface area (Å²) in [6.45, 7) is -0.0185. The lowest BCUT2D eigenvalue weighted by Crippen LogP contribution is -2.33. The molecule has 2 rings (SSSR count). The Morgan fingerprint density at radius 2 is 2.69 bits per heavy atom. The number of aryl methyl sites for hydroxylation is 1. The number of pyridine rings is 1. The van der Waals surface area contributed by atoms with E-state index in [4.69, 9.17) is 8.85 Å². The van der Waals surface area contributed by atoms with Crippen LogP contribution < -0.4 is 5.32 Å². The summed E-state index contributed by atoms with van der Waals surface area (Å²) in [5, 5.41) is 3.19. The SMILES string of the molecule is [2H]C([2H])([2H])c1cccc(C2CNCCO2)n1. The smallest absolute Gasteiger partial charge is 0.112 e. The van der Waals surface area contributed by atoms with Crippen LogP contribution in [-0.4, -0.2) is 24.7 Å². The summed E-state index contributed by atoms with van der Waals surface area (Å²) in [4.78, 5) is 4.14. The lowest BCUT2D eigenvalue weighted by molar-refractivity contribution is 0.0249. The third kappa shape index (κ3) is 2.05. The molecule has 1 fully saturated rings. The Morgan fingerprint density at radius 3 is 3.46 bits per heavy atom. The number of aromatic nitrogens is 1. The highest BCUT2D eigenvalue weighted by Gasteiger charge is 2.16. The van der Waals surface area contributed by atoms with Crippen molar-refractivity contribution in [1.29, 1.82) is 0 Å². The average molecular weight is 181 g/mol. The highest BCUT2D eigenvalue weighted by Crippen LogP contribution is 2.16. The average Bonchev–Trinajstić information content (AvgIpc) is 2.29. The molecule has 2 heterocycles. The predicted molar refractivity (Wildman–Crippen MR) is 50.5 cm³/mol. The van der Waals surface area contributed by atoms with E-state index in [0.29, 0.717) is 18.8 Å². The van der Waals surface area contributed by atoms with Crippen molar-refractivity contribution in [2.24, 2.45) is 0 Å². The van der Waals surface area contributed by atoms with E-state index >= 15 is 0 Å². The van der Waals surface area contributed by atoms with Gasteiger partial charge in [-0.05, 0) is 19.0 Å². The van der Waals surface area contributed by atoms with E-state index in [-0.39, 0.29) is 11.8 Å². The molecule has 1 unspecified atom stereocenters. The maximum absolute atomic E-state index is 7.30. The molecule has 13 heavy (non-hydrogen) atoms. The number of hydrogen-bond acceptors (Lipinski definition) is 3. The first-order valence-electron chi connectivity index (χ1n) is 5.87. The van der Waals surface area contributed by atoms with Gasteiger partial charge in [-0.25, -0.2) is 0 Å². The number of nitrogens with zero attached hydrogens (tertiary/aromatic N) is 1. The molecule has 0 saturated carbocycles. The van der Waals surface area contributed by atoms with Crippen molar-refractivity contribution in [3.05, 3.63) is 29.6 Å². The van der Waals surface area contributed by atoms with E-state index < -0.39 is 6.85 Å². The van der Waals surface area contributed by atoms with Crippen molar-refractivity contribution in [1.82, 2.24) is 10.3 Å². The van der Waals surface area contributed by atoms with Crippen LogP contribution in [0.2, 0.25) is 0 Å². The summed E-state index contributed by atoms with van der Waals surface area (Å²) < 4.78 is 27.4. The molecule has 0 bridgehead atoms. The summed E-state index contributed by atoms with van der Waals surface area (Å²) in [5.41, 5.74) is 0.806. The monoisotopic (exact) mass is 181 g/mol. The van der Waals surface area contributed by atoms with Gasteiger partial charge in [0.25, 0.3) is 0 Å². The number of nitrogens with one attached hydrogen (secondary N) is 1. The Bertz CT molecular complexity index is 361. The molecule has 1 aliphatic rings. The molecule has 0 aliphatic carbocycles. The zero-order valence-electron chi connectivity index (χ0n) is 10.3. The lowest BCUT2D eigenvalue weighted by atomic mass is 10.2. The van der Waals surface area contributed by atoms with Crippen molar-refractivity contribution in [3.63, 3.8) is 0 Å². The molecule has 1 saturated heterocycles. The summed E-state index contributed by atoms with van der Waals surface area (Å²) in [7, 11) is 0. The predicted octanol–water partition coefficient (Wildman–Crippen LogP) is 1.05. The van der Waals surface area contributed by atoms with Crippen molar-refractivity contribution >= 4 is 0 Å². The van der Waals surface area contributed by atoms with Gasteiger partial charge in [0.05, 0.1) is 12.3 Å². The standard InChI is InChI=1S/C10H14N2O/c1-8-3-2-4-9(12-8)10-7-11-5-6-13-10/h2-4,10-11H,5-7H2,1H3/i1D3. The van der Waals surface area contributed by atoms with Gasteiger partial charge in [-0.1, -0.05) is 6.07 Å². The molecule has 3 heteroatoms. The van der Waals surface area contributed by atoms with E-state index in [2.05, 4.69) is 10.3 Å². The highest BCUT2D eigenvalue weighted by atomic mass is 16.5. The van der Waals surface area contributed by atoms with Gasteiger partial charge in [-0.2, -0.15) is 0 Å². The van der Waals surface area contributed by atoms with Gasteiger partial charge in [-0.3, -0.25) is 4.98 Å². The normalized spacial score (nSPS) is 27.4. The van der Waals surface area contributed by atoms with Crippen LogP contribution >= 0.6 is 0 Å². The molecule has 0 radical (unpaired) electrons. The fraction of sp³-hybridized carbons (Fsp3) is 0.500. The number of ether oxygens (including phenoxy) is 1. The van der Waals surface area contributed by atoms with E-state index in [1.165, 1.54) is 6.07 Å². The van der Waals surface area contributed by atoms with Crippen molar-refractivity contribution in [3.8, 4) is 0 Å². The zero-order valence-corrected chi connectivity index (χ0v) is 7.29. The Kier molecular flexibility index (Phi) is 1.70. The van der Waals surface area contributed by atoms with Crippen LogP contribution in [0, 0.1) is 6.85 Å². The maximum atomic E-state index is 7.30. The van der Waals surface area contributed by atoms with Crippen LogP contribution in [0.3, 0.4) is 0 Å². The van der Waals surface area contributed by atoms with E-state index in [0.717, 1.165) is 6.54 Å². The second-order valence-corrected chi connectivity index (χ2v) is 3.01.